The van der Waals surface area contributed by atoms with Gasteiger partial charge in [0.2, 0.25) is 11.4 Å². The van der Waals surface area contributed by atoms with E-state index in [9.17, 15) is 9.90 Å². The summed E-state index contributed by atoms with van der Waals surface area (Å²) in [6.45, 7) is 0. The molecule has 5 nitrogen and oxygen atoms in total. The number of hydrogen-bond acceptors (Lipinski definition) is 3. The summed E-state index contributed by atoms with van der Waals surface area (Å²) in [5.74, 6) is -0.0552. The van der Waals surface area contributed by atoms with Crippen LogP contribution in [0.3, 0.4) is 0 Å². The molecule has 32 heavy (non-hydrogen) atoms. The third-order valence-electron chi connectivity index (χ3n) is 5.44. The first-order valence-electron chi connectivity index (χ1n) is 10.5. The summed E-state index contributed by atoms with van der Waals surface area (Å²) in [5, 5.41) is 13.4. The van der Waals surface area contributed by atoms with Gasteiger partial charge in [0.15, 0.2) is 6.20 Å². The largest absolute Gasteiger partial charge is 0.508 e. The van der Waals surface area contributed by atoms with Crippen molar-refractivity contribution in [1.82, 2.24) is 0 Å². The molecule has 0 unspecified atom stereocenters. The number of anilines is 1. The van der Waals surface area contributed by atoms with E-state index in [-0.39, 0.29) is 11.7 Å². The van der Waals surface area contributed by atoms with Crippen LogP contribution in [-0.2, 0) is 18.3 Å². The maximum absolute atomic E-state index is 12.4. The minimum Gasteiger partial charge on any atom is -0.508 e. The number of aryl methyl sites for hydroxylation is 1. The first-order valence-corrected chi connectivity index (χ1v) is 10.5. The molecule has 0 radical (unpaired) electrons. The van der Waals surface area contributed by atoms with Crippen molar-refractivity contribution in [2.75, 3.05) is 5.32 Å². The Balaban J connectivity index is 1.40. The van der Waals surface area contributed by atoms with Gasteiger partial charge in [-0.25, -0.2) is 4.57 Å². The number of aromatic hydroxyl groups is 1. The molecule has 0 spiro atoms. The van der Waals surface area contributed by atoms with E-state index >= 15 is 0 Å². The van der Waals surface area contributed by atoms with Crippen LogP contribution in [0.25, 0.3) is 23.1 Å². The Morgan fingerprint density at radius 1 is 1.00 bits per heavy atom. The molecule has 160 valence electrons. The lowest BCUT2D eigenvalue weighted by Crippen LogP contribution is -2.37. The van der Waals surface area contributed by atoms with E-state index < -0.39 is 6.04 Å². The fourth-order valence-corrected chi connectivity index (χ4v) is 3.61. The van der Waals surface area contributed by atoms with Crippen LogP contribution in [0.5, 0.6) is 5.75 Å². The van der Waals surface area contributed by atoms with Gasteiger partial charge in [-0.1, -0.05) is 48.6 Å². The van der Waals surface area contributed by atoms with Crippen molar-refractivity contribution >= 4 is 34.6 Å². The van der Waals surface area contributed by atoms with E-state index in [1.165, 1.54) is 10.9 Å². The van der Waals surface area contributed by atoms with Gasteiger partial charge in [-0.05, 0) is 53.4 Å². The summed E-state index contributed by atoms with van der Waals surface area (Å²) in [5.41, 5.74) is 11.0. The number of aromatic nitrogens is 1. The van der Waals surface area contributed by atoms with Crippen molar-refractivity contribution in [1.29, 1.82) is 0 Å². The van der Waals surface area contributed by atoms with Crippen LogP contribution in [-0.4, -0.2) is 17.1 Å². The Kier molecular flexibility index (Phi) is 6.29. The molecule has 0 saturated carbocycles. The van der Waals surface area contributed by atoms with Gasteiger partial charge in [-0.3, -0.25) is 4.79 Å². The number of amides is 1. The molecular formula is C27H26N3O2+. The van der Waals surface area contributed by atoms with Gasteiger partial charge in [-0.2, -0.15) is 0 Å². The lowest BCUT2D eigenvalue weighted by molar-refractivity contribution is -0.644. The molecule has 4 N–H and O–H groups in total. The molecule has 4 aromatic rings. The molecule has 0 saturated heterocycles. The average Bonchev–Trinajstić information content (AvgIpc) is 2.81. The van der Waals surface area contributed by atoms with Crippen LogP contribution in [0.15, 0.2) is 85.1 Å². The standard InChI is InChI=1S/C27H25N3O2/c1-30-17-16-21(24-4-2-3-5-26(24)30)11-6-19-7-12-22(13-8-19)29-27(32)25(28)18-20-9-14-23(31)15-10-20/h2-17,25,31H,18,28H2,1H3/p+1/t25-/m0/s1. The number of fused-ring (bicyclic) bond motifs is 1. The van der Waals surface area contributed by atoms with Crippen LogP contribution in [0.4, 0.5) is 5.69 Å². The van der Waals surface area contributed by atoms with Crippen molar-refractivity contribution in [2.45, 2.75) is 12.5 Å². The van der Waals surface area contributed by atoms with E-state index in [1.54, 1.807) is 24.3 Å². The molecule has 5 heteroatoms. The van der Waals surface area contributed by atoms with Gasteiger partial charge in [0.05, 0.1) is 11.4 Å². The highest BCUT2D eigenvalue weighted by molar-refractivity contribution is 5.95. The first kappa shape index (κ1) is 21.3. The number of pyridine rings is 1. The number of nitrogens with one attached hydrogen (secondary N) is 1. The third kappa shape index (κ3) is 5.02. The van der Waals surface area contributed by atoms with Crippen molar-refractivity contribution in [3.63, 3.8) is 0 Å². The Morgan fingerprint density at radius 2 is 1.72 bits per heavy atom. The van der Waals surface area contributed by atoms with E-state index in [4.69, 9.17) is 5.73 Å². The smallest absolute Gasteiger partial charge is 0.241 e. The number of phenolic OH excluding ortho intramolecular Hbond substituents is 1. The zero-order valence-electron chi connectivity index (χ0n) is 17.9. The van der Waals surface area contributed by atoms with Crippen LogP contribution < -0.4 is 15.6 Å². The zero-order valence-corrected chi connectivity index (χ0v) is 17.9. The number of benzene rings is 3. The number of phenols is 1. The highest BCUT2D eigenvalue weighted by atomic mass is 16.3. The van der Waals surface area contributed by atoms with Gasteiger partial charge in [0.25, 0.3) is 0 Å². The van der Waals surface area contributed by atoms with Crippen molar-refractivity contribution in [3.8, 4) is 5.75 Å². The molecule has 1 atom stereocenters. The van der Waals surface area contributed by atoms with E-state index in [0.29, 0.717) is 12.1 Å². The molecule has 4 rings (SSSR count). The number of carbonyl (C=O) groups is 1. The summed E-state index contributed by atoms with van der Waals surface area (Å²) in [6, 6.07) is 24.1. The van der Waals surface area contributed by atoms with Crippen LogP contribution >= 0.6 is 0 Å². The van der Waals surface area contributed by atoms with Crippen LogP contribution in [0, 0.1) is 0 Å². The maximum Gasteiger partial charge on any atom is 0.241 e. The highest BCUT2D eigenvalue weighted by Crippen LogP contribution is 2.19. The van der Waals surface area contributed by atoms with Gasteiger partial charge in [-0.15, -0.1) is 0 Å². The summed E-state index contributed by atoms with van der Waals surface area (Å²) in [4.78, 5) is 12.4. The number of carbonyl (C=O) groups excluding carboxylic acids is 1. The van der Waals surface area contributed by atoms with Crippen LogP contribution in [0.1, 0.15) is 16.7 Å². The molecule has 0 fully saturated rings. The fourth-order valence-electron chi connectivity index (χ4n) is 3.61. The Bertz CT molecular complexity index is 1260. The van der Waals surface area contributed by atoms with Crippen molar-refractivity contribution in [2.24, 2.45) is 12.8 Å². The molecule has 1 heterocycles. The number of hydrogen-bond donors (Lipinski definition) is 3. The first-order chi connectivity index (χ1) is 15.5. The zero-order chi connectivity index (χ0) is 22.5. The average molecular weight is 425 g/mol. The lowest BCUT2D eigenvalue weighted by Gasteiger charge is -2.12. The highest BCUT2D eigenvalue weighted by Gasteiger charge is 2.14. The van der Waals surface area contributed by atoms with Gasteiger partial charge < -0.3 is 16.2 Å². The number of nitrogens with zero attached hydrogens (tertiary/aromatic N) is 1. The minimum absolute atomic E-state index is 0.190. The molecular weight excluding hydrogens is 398 g/mol. The van der Waals surface area contributed by atoms with E-state index in [0.717, 1.165) is 16.7 Å². The summed E-state index contributed by atoms with van der Waals surface area (Å²) in [7, 11) is 2.04. The second kappa shape index (κ2) is 9.45. The molecule has 0 aliphatic rings. The third-order valence-corrected chi connectivity index (χ3v) is 5.44. The molecule has 1 aromatic heterocycles. The summed E-state index contributed by atoms with van der Waals surface area (Å²) >= 11 is 0. The van der Waals surface area contributed by atoms with Crippen LogP contribution in [0.2, 0.25) is 0 Å². The van der Waals surface area contributed by atoms with E-state index in [2.05, 4.69) is 46.4 Å². The predicted molar refractivity (Wildman–Crippen MR) is 129 cm³/mol. The number of para-hydroxylation sites is 1. The van der Waals surface area contributed by atoms with E-state index in [1.807, 2.05) is 43.4 Å². The van der Waals surface area contributed by atoms with Crippen molar-refractivity contribution in [3.05, 3.63) is 102 Å². The Morgan fingerprint density at radius 3 is 2.47 bits per heavy atom. The molecule has 0 aliphatic carbocycles. The topological polar surface area (TPSA) is 79.2 Å². The second-order valence-electron chi connectivity index (χ2n) is 7.82. The maximum atomic E-state index is 12.4. The van der Waals surface area contributed by atoms with Gasteiger partial charge in [0.1, 0.15) is 12.8 Å². The predicted octanol–water partition coefficient (Wildman–Crippen LogP) is 4.05. The second-order valence-corrected chi connectivity index (χ2v) is 7.82. The van der Waals surface area contributed by atoms with Gasteiger partial charge in [0, 0.05) is 17.8 Å². The number of rotatable bonds is 6. The minimum atomic E-state index is -0.674. The molecule has 3 aromatic carbocycles. The normalized spacial score (nSPS) is 12.2. The fraction of sp³-hybridized carbons (Fsp3) is 0.111. The molecule has 1 amide bonds. The summed E-state index contributed by atoms with van der Waals surface area (Å²) < 4.78 is 2.11. The molecule has 0 bridgehead atoms. The summed E-state index contributed by atoms with van der Waals surface area (Å²) in [6.07, 6.45) is 6.62. The molecule has 0 aliphatic heterocycles. The lowest BCUT2D eigenvalue weighted by atomic mass is 10.1. The Hall–Kier alpha value is -3.96. The Labute approximate surface area is 187 Å². The SMILES string of the molecule is C[n+]1ccc(C=Cc2ccc(NC(=O)[C@@H](N)Cc3ccc(O)cc3)cc2)c2ccccc21. The monoisotopic (exact) mass is 424 g/mol. The van der Waals surface area contributed by atoms with Gasteiger partial charge >= 0.3 is 0 Å². The quantitative estimate of drug-likeness (QED) is 0.409. The van der Waals surface area contributed by atoms with Crippen molar-refractivity contribution < 1.29 is 14.5 Å². The number of nitrogens with two attached hydrogens (primary N) is 1.